The Morgan fingerprint density at radius 1 is 1.04 bits per heavy atom. The van der Waals surface area contributed by atoms with Gasteiger partial charge in [-0.3, -0.25) is 9.59 Å². The van der Waals surface area contributed by atoms with Gasteiger partial charge in [-0.15, -0.1) is 0 Å². The molecule has 0 aliphatic heterocycles. The molecule has 2 aromatic rings. The molecule has 0 aromatic heterocycles. The summed E-state index contributed by atoms with van der Waals surface area (Å²) in [6.45, 7) is 8.53. The second kappa shape index (κ2) is 7.55. The lowest BCUT2D eigenvalue weighted by Gasteiger charge is -2.30. The molecule has 142 valence electrons. The molecule has 1 N–H and O–H groups in total. The van der Waals surface area contributed by atoms with Gasteiger partial charge in [0.05, 0.1) is 0 Å². The van der Waals surface area contributed by atoms with Gasteiger partial charge in [0, 0.05) is 18.3 Å². The Bertz CT molecular complexity index is 839. The van der Waals surface area contributed by atoms with Gasteiger partial charge >= 0.3 is 0 Å². The summed E-state index contributed by atoms with van der Waals surface area (Å²) in [7, 11) is 0. The van der Waals surface area contributed by atoms with Crippen molar-refractivity contribution in [2.75, 3.05) is 5.32 Å². The summed E-state index contributed by atoms with van der Waals surface area (Å²) >= 11 is 0. The van der Waals surface area contributed by atoms with Gasteiger partial charge in [-0.2, -0.15) is 0 Å². The minimum Gasteiger partial charge on any atom is -0.335 e. The number of nitrogens with one attached hydrogen (secondary N) is 1. The molecule has 2 aromatic carbocycles. The monoisotopic (exact) mass is 364 g/mol. The minimum atomic E-state index is -0.921. The highest BCUT2D eigenvalue weighted by Gasteiger charge is 2.58. The van der Waals surface area contributed by atoms with Crippen molar-refractivity contribution in [1.29, 1.82) is 0 Å². The van der Waals surface area contributed by atoms with Crippen molar-refractivity contribution in [2.45, 2.75) is 53.1 Å². The zero-order chi connectivity index (χ0) is 19.6. The maximum atomic E-state index is 13.3. The predicted molar refractivity (Wildman–Crippen MR) is 108 cm³/mol. The van der Waals surface area contributed by atoms with Crippen molar-refractivity contribution in [1.82, 2.24) is 4.90 Å². The Balaban J connectivity index is 1.79. The van der Waals surface area contributed by atoms with Crippen molar-refractivity contribution in [2.24, 2.45) is 5.41 Å². The van der Waals surface area contributed by atoms with Gasteiger partial charge in [-0.1, -0.05) is 42.5 Å². The van der Waals surface area contributed by atoms with Crippen LogP contribution in [0.25, 0.3) is 0 Å². The Kier molecular flexibility index (Phi) is 5.36. The first-order chi connectivity index (χ1) is 12.8. The predicted octanol–water partition coefficient (Wildman–Crippen LogP) is 4.46. The summed E-state index contributed by atoms with van der Waals surface area (Å²) in [5.74, 6) is -0.246. The first kappa shape index (κ1) is 19.2. The summed E-state index contributed by atoms with van der Waals surface area (Å²) in [6, 6.07) is 15.8. The van der Waals surface area contributed by atoms with E-state index in [9.17, 15) is 9.59 Å². The highest BCUT2D eigenvalue weighted by molar-refractivity contribution is 6.13. The van der Waals surface area contributed by atoms with Gasteiger partial charge < -0.3 is 10.2 Å². The number of amides is 2. The van der Waals surface area contributed by atoms with Gasteiger partial charge in [0.1, 0.15) is 5.41 Å². The SMILES string of the molecule is Cc1cccc(NC(=O)C2(C(=O)N(Cc3ccccc3)C(C)C)CC2)c1C. The summed E-state index contributed by atoms with van der Waals surface area (Å²) in [5, 5.41) is 3.01. The molecule has 0 heterocycles. The molecule has 0 radical (unpaired) electrons. The Morgan fingerprint density at radius 3 is 2.30 bits per heavy atom. The Hall–Kier alpha value is -2.62. The number of hydrogen-bond acceptors (Lipinski definition) is 2. The van der Waals surface area contributed by atoms with Crippen molar-refractivity contribution in [3.63, 3.8) is 0 Å². The molecule has 1 aliphatic carbocycles. The van der Waals surface area contributed by atoms with Crippen molar-refractivity contribution < 1.29 is 9.59 Å². The molecule has 1 fully saturated rings. The third-order valence-electron chi connectivity index (χ3n) is 5.53. The van der Waals surface area contributed by atoms with Crippen LogP contribution in [0.2, 0.25) is 0 Å². The van der Waals surface area contributed by atoms with Crippen molar-refractivity contribution >= 4 is 17.5 Å². The minimum absolute atomic E-state index is 0.0312. The number of rotatable bonds is 6. The average Bonchev–Trinajstić information content (AvgIpc) is 3.45. The van der Waals surface area contributed by atoms with Crippen LogP contribution in [0.1, 0.15) is 43.4 Å². The maximum Gasteiger partial charge on any atom is 0.240 e. The fourth-order valence-corrected chi connectivity index (χ4v) is 3.34. The van der Waals surface area contributed by atoms with Crippen LogP contribution in [-0.4, -0.2) is 22.8 Å². The topological polar surface area (TPSA) is 49.4 Å². The summed E-state index contributed by atoms with van der Waals surface area (Å²) in [5.41, 5.74) is 3.11. The molecule has 4 heteroatoms. The standard InChI is InChI=1S/C23H28N2O2/c1-16(2)25(15-19-10-6-5-7-11-19)22(27)23(13-14-23)21(26)24-20-12-8-9-17(3)18(20)4/h5-12,16H,13-15H2,1-4H3,(H,24,26). The average molecular weight is 364 g/mol. The second-order valence-electron chi connectivity index (χ2n) is 7.80. The summed E-state index contributed by atoms with van der Waals surface area (Å²) < 4.78 is 0. The van der Waals surface area contributed by atoms with Gasteiger partial charge in [0.25, 0.3) is 0 Å². The fourth-order valence-electron chi connectivity index (χ4n) is 3.34. The number of hydrogen-bond donors (Lipinski definition) is 1. The highest BCUT2D eigenvalue weighted by Crippen LogP contribution is 2.48. The van der Waals surface area contributed by atoms with Crippen LogP contribution in [0.3, 0.4) is 0 Å². The van der Waals surface area contributed by atoms with Crippen LogP contribution >= 0.6 is 0 Å². The molecule has 3 rings (SSSR count). The molecular formula is C23H28N2O2. The molecule has 0 bridgehead atoms. The number of aryl methyl sites for hydroxylation is 1. The molecule has 0 atom stereocenters. The zero-order valence-corrected chi connectivity index (χ0v) is 16.6. The Morgan fingerprint density at radius 2 is 1.70 bits per heavy atom. The molecular weight excluding hydrogens is 336 g/mol. The second-order valence-corrected chi connectivity index (χ2v) is 7.80. The molecule has 0 saturated heterocycles. The third-order valence-corrected chi connectivity index (χ3v) is 5.53. The number of carbonyl (C=O) groups excluding carboxylic acids is 2. The van der Waals surface area contributed by atoms with E-state index in [0.29, 0.717) is 19.4 Å². The van der Waals surface area contributed by atoms with Crippen LogP contribution in [0, 0.1) is 19.3 Å². The first-order valence-electron chi connectivity index (χ1n) is 9.58. The number of benzene rings is 2. The lowest BCUT2D eigenvalue weighted by molar-refractivity contribution is -0.144. The van der Waals surface area contributed by atoms with Crippen LogP contribution < -0.4 is 5.32 Å². The molecule has 0 spiro atoms. The summed E-state index contributed by atoms with van der Waals surface area (Å²) in [4.78, 5) is 28.2. The normalized spacial score (nSPS) is 14.7. The largest absolute Gasteiger partial charge is 0.335 e. The van der Waals surface area contributed by atoms with E-state index in [1.165, 1.54) is 0 Å². The highest BCUT2D eigenvalue weighted by atomic mass is 16.2. The van der Waals surface area contributed by atoms with Crippen LogP contribution in [-0.2, 0) is 16.1 Å². The third kappa shape index (κ3) is 3.90. The van der Waals surface area contributed by atoms with E-state index < -0.39 is 5.41 Å². The number of carbonyl (C=O) groups is 2. The van der Waals surface area contributed by atoms with Gasteiger partial charge in [0.15, 0.2) is 0 Å². The van der Waals surface area contributed by atoms with E-state index in [1.807, 2.05) is 81.1 Å². The van der Waals surface area contributed by atoms with Gasteiger partial charge in [-0.05, 0) is 63.3 Å². The van der Waals surface area contributed by atoms with Gasteiger partial charge in [-0.25, -0.2) is 0 Å². The van der Waals surface area contributed by atoms with E-state index in [1.54, 1.807) is 0 Å². The zero-order valence-electron chi connectivity index (χ0n) is 16.6. The van der Waals surface area contributed by atoms with E-state index in [0.717, 1.165) is 22.4 Å². The molecule has 4 nitrogen and oxygen atoms in total. The van der Waals surface area contributed by atoms with E-state index in [-0.39, 0.29) is 17.9 Å². The van der Waals surface area contributed by atoms with E-state index in [4.69, 9.17) is 0 Å². The lowest BCUT2D eigenvalue weighted by Crippen LogP contribution is -2.45. The van der Waals surface area contributed by atoms with Crippen LogP contribution in [0.15, 0.2) is 48.5 Å². The molecule has 0 unspecified atom stereocenters. The Labute approximate surface area is 161 Å². The molecule has 1 saturated carbocycles. The smallest absolute Gasteiger partial charge is 0.240 e. The molecule has 27 heavy (non-hydrogen) atoms. The first-order valence-corrected chi connectivity index (χ1v) is 9.58. The van der Waals surface area contributed by atoms with Crippen molar-refractivity contribution in [3.05, 3.63) is 65.2 Å². The lowest BCUT2D eigenvalue weighted by atomic mass is 10.0. The van der Waals surface area contributed by atoms with Crippen LogP contribution in [0.5, 0.6) is 0 Å². The van der Waals surface area contributed by atoms with Crippen molar-refractivity contribution in [3.8, 4) is 0 Å². The quantitative estimate of drug-likeness (QED) is 0.770. The van der Waals surface area contributed by atoms with E-state index in [2.05, 4.69) is 5.32 Å². The fraction of sp³-hybridized carbons (Fsp3) is 0.391. The molecule has 2 amide bonds. The van der Waals surface area contributed by atoms with E-state index >= 15 is 0 Å². The number of anilines is 1. The number of nitrogens with zero attached hydrogens (tertiary/aromatic N) is 1. The van der Waals surface area contributed by atoms with Crippen LogP contribution in [0.4, 0.5) is 5.69 Å². The maximum absolute atomic E-state index is 13.3. The van der Waals surface area contributed by atoms with Gasteiger partial charge in [0.2, 0.25) is 11.8 Å². The molecule has 1 aliphatic rings. The summed E-state index contributed by atoms with van der Waals surface area (Å²) in [6.07, 6.45) is 1.22.